The zero-order valence-corrected chi connectivity index (χ0v) is 21.2. The highest BCUT2D eigenvalue weighted by Crippen LogP contribution is 2.52. The topological polar surface area (TPSA) is 92.7 Å². The van der Waals surface area contributed by atoms with Gasteiger partial charge in [-0.05, 0) is 71.6 Å². The Labute approximate surface area is 220 Å². The Hall–Kier alpha value is -3.65. The molecule has 0 heterocycles. The maximum absolute atomic E-state index is 13.0. The molecule has 0 amide bonds. The van der Waals surface area contributed by atoms with Crippen molar-refractivity contribution in [2.45, 2.75) is 22.8 Å². The average molecular weight is 534 g/mol. The summed E-state index contributed by atoms with van der Waals surface area (Å²) in [4.78, 5) is 12.3. The van der Waals surface area contributed by atoms with Gasteiger partial charge in [0, 0.05) is 10.9 Å². The molecule has 188 valence electrons. The van der Waals surface area contributed by atoms with Gasteiger partial charge in [0.05, 0.1) is 4.90 Å². The summed E-state index contributed by atoms with van der Waals surface area (Å²) < 4.78 is 31.9. The number of hydrogen-bond acceptors (Lipinski definition) is 5. The smallest absolute Gasteiger partial charge is 0.324 e. The van der Waals surface area contributed by atoms with Crippen molar-refractivity contribution in [2.75, 3.05) is 5.88 Å². The largest absolute Gasteiger partial charge is 0.480 e. The van der Waals surface area contributed by atoms with Crippen molar-refractivity contribution in [3.8, 4) is 22.6 Å². The third-order valence-corrected chi connectivity index (χ3v) is 8.32. The van der Waals surface area contributed by atoms with Gasteiger partial charge in [-0.15, -0.1) is 0 Å². The molecule has 4 aromatic rings. The Morgan fingerprint density at radius 3 is 2.16 bits per heavy atom. The third kappa shape index (κ3) is 5.39. The van der Waals surface area contributed by atoms with Crippen LogP contribution in [0.3, 0.4) is 0 Å². The molecule has 2 N–H and O–H groups in total. The van der Waals surface area contributed by atoms with Crippen LogP contribution in [0.5, 0.6) is 11.5 Å². The first kappa shape index (κ1) is 25.0. The Bertz CT molecular complexity index is 1520. The molecule has 8 heteroatoms. The zero-order chi connectivity index (χ0) is 26.0. The average Bonchev–Trinajstić information content (AvgIpc) is 3.65. The molecule has 1 aliphatic carbocycles. The molecule has 0 bridgehead atoms. The van der Waals surface area contributed by atoms with Crippen LogP contribution in [0.25, 0.3) is 11.1 Å². The number of nitrogens with one attached hydrogen (secondary N) is 1. The highest BCUT2D eigenvalue weighted by molar-refractivity contribution is 7.91. The first-order valence-corrected chi connectivity index (χ1v) is 13.7. The van der Waals surface area contributed by atoms with Crippen LogP contribution in [0.1, 0.15) is 17.9 Å². The van der Waals surface area contributed by atoms with Gasteiger partial charge in [0.15, 0.2) is 9.84 Å². The molecule has 0 saturated heterocycles. The number of sulfone groups is 1. The van der Waals surface area contributed by atoms with Gasteiger partial charge in [-0.2, -0.15) is 0 Å². The van der Waals surface area contributed by atoms with Crippen LogP contribution in [0, 0.1) is 0 Å². The second-order valence-corrected chi connectivity index (χ2v) is 11.4. The molecule has 4 aromatic carbocycles. The van der Waals surface area contributed by atoms with E-state index in [0.717, 1.165) is 16.7 Å². The summed E-state index contributed by atoms with van der Waals surface area (Å²) in [6.45, 7) is 0. The van der Waals surface area contributed by atoms with Crippen molar-refractivity contribution in [1.82, 2.24) is 5.32 Å². The van der Waals surface area contributed by atoms with Crippen LogP contribution in [0.15, 0.2) is 108 Å². The molecule has 0 aliphatic heterocycles. The van der Waals surface area contributed by atoms with Gasteiger partial charge in [-0.3, -0.25) is 10.1 Å². The van der Waals surface area contributed by atoms with Crippen LogP contribution in [0.4, 0.5) is 0 Å². The van der Waals surface area contributed by atoms with Gasteiger partial charge in [0.2, 0.25) is 0 Å². The number of rotatable bonds is 9. The SMILES string of the molecule is O=C(O)C1(NCS(=O)(=O)c2ccc(-c3ccc(Cl)cc3)cc2)CC1c1cccc(Oc2ccccc2)c1. The van der Waals surface area contributed by atoms with E-state index in [0.29, 0.717) is 16.5 Å². The number of para-hydroxylation sites is 1. The molecule has 1 aliphatic rings. The number of carboxylic acid groups (broad SMARTS) is 1. The molecule has 1 fully saturated rings. The monoisotopic (exact) mass is 533 g/mol. The lowest BCUT2D eigenvalue weighted by Crippen LogP contribution is -2.43. The van der Waals surface area contributed by atoms with Gasteiger partial charge in [0.1, 0.15) is 22.9 Å². The predicted molar refractivity (Wildman–Crippen MR) is 143 cm³/mol. The van der Waals surface area contributed by atoms with Crippen LogP contribution in [0.2, 0.25) is 5.02 Å². The summed E-state index contributed by atoms with van der Waals surface area (Å²) in [5, 5.41) is 13.4. The summed E-state index contributed by atoms with van der Waals surface area (Å²) >= 11 is 5.94. The second-order valence-electron chi connectivity index (χ2n) is 8.99. The molecule has 5 rings (SSSR count). The van der Waals surface area contributed by atoms with E-state index < -0.39 is 27.2 Å². The van der Waals surface area contributed by atoms with E-state index in [-0.39, 0.29) is 17.2 Å². The lowest BCUT2D eigenvalue weighted by atomic mass is 10.1. The minimum atomic E-state index is -3.77. The first-order chi connectivity index (χ1) is 17.8. The highest BCUT2D eigenvalue weighted by atomic mass is 35.5. The Morgan fingerprint density at radius 1 is 0.892 bits per heavy atom. The van der Waals surface area contributed by atoms with Gasteiger partial charge >= 0.3 is 5.97 Å². The number of benzene rings is 4. The van der Waals surface area contributed by atoms with Crippen molar-refractivity contribution in [3.05, 3.63) is 114 Å². The van der Waals surface area contributed by atoms with Crippen molar-refractivity contribution in [1.29, 1.82) is 0 Å². The van der Waals surface area contributed by atoms with E-state index >= 15 is 0 Å². The van der Waals surface area contributed by atoms with Crippen LogP contribution >= 0.6 is 11.6 Å². The second kappa shape index (κ2) is 10.0. The lowest BCUT2D eigenvalue weighted by molar-refractivity contribution is -0.140. The Morgan fingerprint density at radius 2 is 1.51 bits per heavy atom. The maximum atomic E-state index is 13.0. The number of ether oxygens (including phenoxy) is 1. The zero-order valence-electron chi connectivity index (χ0n) is 19.7. The van der Waals surface area contributed by atoms with E-state index in [1.165, 1.54) is 12.1 Å². The summed E-state index contributed by atoms with van der Waals surface area (Å²) in [6, 6.07) is 30.3. The molecule has 0 radical (unpaired) electrons. The van der Waals surface area contributed by atoms with Gasteiger partial charge in [0.25, 0.3) is 0 Å². The quantitative estimate of drug-likeness (QED) is 0.269. The summed E-state index contributed by atoms with van der Waals surface area (Å²) in [6.07, 6.45) is 0.280. The summed E-state index contributed by atoms with van der Waals surface area (Å²) in [7, 11) is -3.77. The van der Waals surface area contributed by atoms with Crippen molar-refractivity contribution < 1.29 is 23.1 Å². The maximum Gasteiger partial charge on any atom is 0.324 e. The van der Waals surface area contributed by atoms with E-state index in [1.807, 2.05) is 48.5 Å². The third-order valence-electron chi connectivity index (χ3n) is 6.55. The van der Waals surface area contributed by atoms with Crippen LogP contribution in [-0.4, -0.2) is 30.9 Å². The number of hydrogen-bond donors (Lipinski definition) is 2. The molecule has 1 saturated carbocycles. The Balaban J connectivity index is 1.29. The van der Waals surface area contributed by atoms with Gasteiger partial charge < -0.3 is 9.84 Å². The van der Waals surface area contributed by atoms with Gasteiger partial charge in [-0.25, -0.2) is 8.42 Å². The van der Waals surface area contributed by atoms with E-state index in [4.69, 9.17) is 16.3 Å². The minimum absolute atomic E-state index is 0.119. The van der Waals surface area contributed by atoms with Gasteiger partial charge in [-0.1, -0.05) is 66.2 Å². The molecular formula is C29H24ClNO5S. The number of carboxylic acids is 1. The fourth-order valence-electron chi connectivity index (χ4n) is 4.40. The van der Waals surface area contributed by atoms with E-state index in [9.17, 15) is 18.3 Å². The molecule has 0 spiro atoms. The number of aliphatic carboxylic acids is 1. The predicted octanol–water partition coefficient (Wildman–Crippen LogP) is 6.13. The molecular weight excluding hydrogens is 510 g/mol. The normalized spacial score (nSPS) is 18.8. The fraction of sp³-hybridized carbons (Fsp3) is 0.138. The molecule has 2 unspecified atom stereocenters. The number of halogens is 1. The van der Waals surface area contributed by atoms with Crippen molar-refractivity contribution in [2.24, 2.45) is 0 Å². The molecule has 37 heavy (non-hydrogen) atoms. The first-order valence-electron chi connectivity index (χ1n) is 11.7. The summed E-state index contributed by atoms with van der Waals surface area (Å²) in [5.41, 5.74) is 1.18. The standard InChI is InChI=1S/C29H24ClNO5S/c30-23-13-9-20(10-14-23)21-11-15-26(16-12-21)37(34,35)19-31-29(28(32)33)18-27(29)22-5-4-8-25(17-22)36-24-6-2-1-3-7-24/h1-17,27,31H,18-19H2,(H,32,33). The van der Waals surface area contributed by atoms with Crippen molar-refractivity contribution >= 4 is 27.4 Å². The minimum Gasteiger partial charge on any atom is -0.480 e. The fourth-order valence-corrected chi connectivity index (χ4v) is 5.69. The van der Waals surface area contributed by atoms with E-state index in [1.54, 1.807) is 42.5 Å². The lowest BCUT2D eigenvalue weighted by Gasteiger charge is -2.16. The van der Waals surface area contributed by atoms with Crippen molar-refractivity contribution in [3.63, 3.8) is 0 Å². The number of carbonyl (C=O) groups is 1. The summed E-state index contributed by atoms with van der Waals surface area (Å²) in [5.74, 6) is -0.697. The van der Waals surface area contributed by atoms with Crippen LogP contribution < -0.4 is 10.1 Å². The molecule has 2 atom stereocenters. The van der Waals surface area contributed by atoms with Crippen LogP contribution in [-0.2, 0) is 14.6 Å². The molecule has 6 nitrogen and oxygen atoms in total. The molecule has 0 aromatic heterocycles. The Kier molecular flexibility index (Phi) is 6.77. The van der Waals surface area contributed by atoms with E-state index in [2.05, 4.69) is 5.32 Å². The highest BCUT2D eigenvalue weighted by Gasteiger charge is 2.61.